The molecule has 0 amide bonds. The second kappa shape index (κ2) is 5.06. The largest absolute Gasteiger partial charge is 0.396 e. The van der Waals surface area contributed by atoms with Crippen molar-refractivity contribution in [1.29, 1.82) is 0 Å². The van der Waals surface area contributed by atoms with Crippen molar-refractivity contribution in [3.63, 3.8) is 0 Å². The quantitative estimate of drug-likeness (QED) is 0.846. The molecule has 1 heterocycles. The number of hydrogen-bond acceptors (Lipinski definition) is 3. The SMILES string of the molecule is Cc1cnc(Nc2cc(Br)ccc2Br)c(N)c1. The zero-order valence-electron chi connectivity index (χ0n) is 9.17. The highest BCUT2D eigenvalue weighted by molar-refractivity contribution is 9.11. The first-order valence-electron chi connectivity index (χ1n) is 5.00. The summed E-state index contributed by atoms with van der Waals surface area (Å²) in [5, 5.41) is 3.20. The van der Waals surface area contributed by atoms with E-state index in [1.165, 1.54) is 0 Å². The molecule has 1 aromatic carbocycles. The second-order valence-electron chi connectivity index (χ2n) is 3.70. The maximum atomic E-state index is 5.91. The normalized spacial score (nSPS) is 10.3. The lowest BCUT2D eigenvalue weighted by Crippen LogP contribution is -2.00. The monoisotopic (exact) mass is 355 g/mol. The number of aryl methyl sites for hydroxylation is 1. The van der Waals surface area contributed by atoms with E-state index in [2.05, 4.69) is 42.2 Å². The smallest absolute Gasteiger partial charge is 0.153 e. The van der Waals surface area contributed by atoms with Crippen LogP contribution in [0.25, 0.3) is 0 Å². The maximum absolute atomic E-state index is 5.91. The Kier molecular flexibility index (Phi) is 3.69. The summed E-state index contributed by atoms with van der Waals surface area (Å²) in [6.07, 6.45) is 1.78. The van der Waals surface area contributed by atoms with E-state index in [-0.39, 0.29) is 0 Å². The highest BCUT2D eigenvalue weighted by Crippen LogP contribution is 2.30. The summed E-state index contributed by atoms with van der Waals surface area (Å²) < 4.78 is 1.95. The lowest BCUT2D eigenvalue weighted by atomic mass is 10.2. The molecular weight excluding hydrogens is 346 g/mol. The van der Waals surface area contributed by atoms with Gasteiger partial charge >= 0.3 is 0 Å². The number of nitrogen functional groups attached to an aromatic ring is 1. The molecule has 3 nitrogen and oxygen atoms in total. The summed E-state index contributed by atoms with van der Waals surface area (Å²) in [6.45, 7) is 1.96. The van der Waals surface area contributed by atoms with E-state index in [0.29, 0.717) is 11.5 Å². The molecule has 88 valence electrons. The first-order valence-corrected chi connectivity index (χ1v) is 6.59. The predicted octanol–water partition coefficient (Wildman–Crippen LogP) is 4.24. The number of anilines is 3. The van der Waals surface area contributed by atoms with Gasteiger partial charge in [0.2, 0.25) is 0 Å². The van der Waals surface area contributed by atoms with Gasteiger partial charge in [-0.3, -0.25) is 0 Å². The Morgan fingerprint density at radius 1 is 1.24 bits per heavy atom. The van der Waals surface area contributed by atoms with E-state index in [0.717, 1.165) is 20.2 Å². The van der Waals surface area contributed by atoms with E-state index in [4.69, 9.17) is 5.73 Å². The Hall–Kier alpha value is -1.07. The van der Waals surface area contributed by atoms with Crippen LogP contribution in [0.2, 0.25) is 0 Å². The van der Waals surface area contributed by atoms with Gasteiger partial charge in [-0.15, -0.1) is 0 Å². The zero-order chi connectivity index (χ0) is 12.4. The first kappa shape index (κ1) is 12.4. The Balaban J connectivity index is 2.34. The van der Waals surface area contributed by atoms with Crippen LogP contribution in [0.5, 0.6) is 0 Å². The molecule has 0 aliphatic carbocycles. The van der Waals surface area contributed by atoms with E-state index in [1.807, 2.05) is 31.2 Å². The third-order valence-corrected chi connectivity index (χ3v) is 3.42. The zero-order valence-corrected chi connectivity index (χ0v) is 12.3. The van der Waals surface area contributed by atoms with Crippen molar-refractivity contribution in [2.45, 2.75) is 6.92 Å². The average Bonchev–Trinajstić information content (AvgIpc) is 2.27. The van der Waals surface area contributed by atoms with Crippen LogP contribution in [0.15, 0.2) is 39.4 Å². The number of hydrogen-bond donors (Lipinski definition) is 2. The molecule has 0 bridgehead atoms. The fourth-order valence-electron chi connectivity index (χ4n) is 1.42. The summed E-state index contributed by atoms with van der Waals surface area (Å²) in [5.74, 6) is 0.661. The molecule has 0 radical (unpaired) electrons. The molecule has 0 spiro atoms. The molecule has 0 aliphatic heterocycles. The van der Waals surface area contributed by atoms with Crippen LogP contribution < -0.4 is 11.1 Å². The van der Waals surface area contributed by atoms with Gasteiger partial charge < -0.3 is 11.1 Å². The minimum absolute atomic E-state index is 0.636. The molecule has 3 N–H and O–H groups in total. The van der Waals surface area contributed by atoms with E-state index in [9.17, 15) is 0 Å². The fraction of sp³-hybridized carbons (Fsp3) is 0.0833. The standard InChI is InChI=1S/C12H11Br2N3/c1-7-4-10(15)12(16-6-7)17-11-5-8(13)2-3-9(11)14/h2-6H,15H2,1H3,(H,16,17). The van der Waals surface area contributed by atoms with Gasteiger partial charge in [-0.05, 0) is 52.7 Å². The van der Waals surface area contributed by atoms with Crippen molar-refractivity contribution >= 4 is 49.1 Å². The number of pyridine rings is 1. The molecule has 0 fully saturated rings. The van der Waals surface area contributed by atoms with E-state index < -0.39 is 0 Å². The molecule has 0 saturated heterocycles. The molecule has 5 heteroatoms. The van der Waals surface area contributed by atoms with Crippen molar-refractivity contribution < 1.29 is 0 Å². The lowest BCUT2D eigenvalue weighted by molar-refractivity contribution is 1.26. The molecule has 0 saturated carbocycles. The molecule has 2 aromatic rings. The number of nitrogens with two attached hydrogens (primary N) is 1. The Morgan fingerprint density at radius 2 is 2.00 bits per heavy atom. The minimum atomic E-state index is 0.636. The first-order chi connectivity index (χ1) is 8.06. The van der Waals surface area contributed by atoms with Gasteiger partial charge in [0.25, 0.3) is 0 Å². The molecule has 17 heavy (non-hydrogen) atoms. The number of rotatable bonds is 2. The summed E-state index contributed by atoms with van der Waals surface area (Å²) >= 11 is 6.90. The van der Waals surface area contributed by atoms with E-state index in [1.54, 1.807) is 6.20 Å². The van der Waals surface area contributed by atoms with Gasteiger partial charge in [-0.25, -0.2) is 4.98 Å². The van der Waals surface area contributed by atoms with Crippen LogP contribution in [0.1, 0.15) is 5.56 Å². The average molecular weight is 357 g/mol. The topological polar surface area (TPSA) is 50.9 Å². The fourth-order valence-corrected chi connectivity index (χ4v) is 2.12. The summed E-state index contributed by atoms with van der Waals surface area (Å²) in [4.78, 5) is 4.27. The molecular formula is C12H11Br2N3. The van der Waals surface area contributed by atoms with Crippen molar-refractivity contribution in [3.8, 4) is 0 Å². The molecule has 2 rings (SSSR count). The van der Waals surface area contributed by atoms with Crippen molar-refractivity contribution in [1.82, 2.24) is 4.98 Å². The highest BCUT2D eigenvalue weighted by atomic mass is 79.9. The highest BCUT2D eigenvalue weighted by Gasteiger charge is 2.05. The second-order valence-corrected chi connectivity index (χ2v) is 5.47. The Morgan fingerprint density at radius 3 is 2.71 bits per heavy atom. The van der Waals surface area contributed by atoms with Crippen LogP contribution in [0.3, 0.4) is 0 Å². The van der Waals surface area contributed by atoms with Gasteiger partial charge in [-0.1, -0.05) is 15.9 Å². The summed E-state index contributed by atoms with van der Waals surface area (Å²) in [5.41, 5.74) is 8.50. The number of halogens is 2. The number of aromatic nitrogens is 1. The summed E-state index contributed by atoms with van der Waals surface area (Å²) in [6, 6.07) is 7.77. The van der Waals surface area contributed by atoms with Gasteiger partial charge in [0.1, 0.15) is 0 Å². The molecule has 0 aliphatic rings. The maximum Gasteiger partial charge on any atom is 0.153 e. The van der Waals surface area contributed by atoms with Crippen LogP contribution in [-0.4, -0.2) is 4.98 Å². The van der Waals surface area contributed by atoms with Gasteiger partial charge in [0, 0.05) is 15.1 Å². The molecule has 1 aromatic heterocycles. The van der Waals surface area contributed by atoms with Crippen molar-refractivity contribution in [2.24, 2.45) is 0 Å². The third-order valence-electron chi connectivity index (χ3n) is 2.24. The van der Waals surface area contributed by atoms with E-state index >= 15 is 0 Å². The Bertz CT molecular complexity index is 555. The molecule has 0 unspecified atom stereocenters. The number of benzene rings is 1. The van der Waals surface area contributed by atoms with Crippen LogP contribution in [0.4, 0.5) is 17.2 Å². The Labute approximate surface area is 117 Å². The molecule has 0 atom stereocenters. The van der Waals surface area contributed by atoms with Crippen LogP contribution >= 0.6 is 31.9 Å². The number of nitrogens with zero attached hydrogens (tertiary/aromatic N) is 1. The minimum Gasteiger partial charge on any atom is -0.396 e. The van der Waals surface area contributed by atoms with Gasteiger partial charge in [0.15, 0.2) is 5.82 Å². The van der Waals surface area contributed by atoms with Crippen LogP contribution in [-0.2, 0) is 0 Å². The van der Waals surface area contributed by atoms with Gasteiger partial charge in [0.05, 0.1) is 11.4 Å². The van der Waals surface area contributed by atoms with Gasteiger partial charge in [-0.2, -0.15) is 0 Å². The lowest BCUT2D eigenvalue weighted by Gasteiger charge is -2.10. The number of nitrogens with one attached hydrogen (secondary N) is 1. The predicted molar refractivity (Wildman–Crippen MR) is 78.5 cm³/mol. The van der Waals surface area contributed by atoms with Crippen LogP contribution in [0, 0.1) is 6.92 Å². The third kappa shape index (κ3) is 2.98. The van der Waals surface area contributed by atoms with Crippen molar-refractivity contribution in [2.75, 3.05) is 11.1 Å². The van der Waals surface area contributed by atoms with Crippen molar-refractivity contribution in [3.05, 3.63) is 45.0 Å². The summed E-state index contributed by atoms with van der Waals surface area (Å²) in [7, 11) is 0.